The van der Waals surface area contributed by atoms with Gasteiger partial charge in [0.2, 0.25) is 6.41 Å². The number of amides is 1. The Morgan fingerprint density at radius 3 is 2.71 bits per heavy atom. The summed E-state index contributed by atoms with van der Waals surface area (Å²) in [5.41, 5.74) is 0.764. The van der Waals surface area contributed by atoms with E-state index in [0.717, 1.165) is 0 Å². The van der Waals surface area contributed by atoms with E-state index in [9.17, 15) is 9.90 Å². The van der Waals surface area contributed by atoms with Crippen LogP contribution in [0.3, 0.4) is 0 Å². The molecule has 0 aliphatic carbocycles. The van der Waals surface area contributed by atoms with Crippen LogP contribution in [0.5, 0.6) is 11.5 Å². The number of phenolic OH excluding ortho intramolecular Hbond substituents is 2. The second-order valence-electron chi connectivity index (χ2n) is 3.30. The van der Waals surface area contributed by atoms with Gasteiger partial charge < -0.3 is 15.5 Å². The molecule has 0 spiro atoms. The zero-order valence-electron chi connectivity index (χ0n) is 8.92. The molecule has 5 nitrogen and oxygen atoms in total. The maximum atomic E-state index is 10.2. The Labute approximate surface area is 98.6 Å². The summed E-state index contributed by atoms with van der Waals surface area (Å²) in [6, 6.07) is 5.38. The Kier molecular flexibility index (Phi) is 4.12. The first-order valence-electron chi connectivity index (χ1n) is 4.75. The third-order valence-electron chi connectivity index (χ3n) is 2.10. The van der Waals surface area contributed by atoms with Crippen molar-refractivity contribution in [2.24, 2.45) is 0 Å². The molecular weight excluding hydrogens is 220 g/mol. The molecule has 5 heteroatoms. The van der Waals surface area contributed by atoms with Gasteiger partial charge in [0, 0.05) is 0 Å². The fraction of sp³-hybridized carbons (Fsp3) is 0.0833. The third-order valence-corrected chi connectivity index (χ3v) is 2.10. The van der Waals surface area contributed by atoms with Crippen LogP contribution in [0.25, 0.3) is 6.08 Å². The summed E-state index contributed by atoms with van der Waals surface area (Å²) in [4.78, 5) is 10.2. The van der Waals surface area contributed by atoms with E-state index in [1.54, 1.807) is 0 Å². The molecule has 1 unspecified atom stereocenters. The average Bonchev–Trinajstić information content (AvgIpc) is 2.30. The molecular formula is C12H11N2O3. The van der Waals surface area contributed by atoms with Crippen LogP contribution in [0.15, 0.2) is 23.8 Å². The van der Waals surface area contributed by atoms with Crippen LogP contribution >= 0.6 is 0 Å². The number of hydrogen-bond donors (Lipinski definition) is 3. The van der Waals surface area contributed by atoms with Crippen molar-refractivity contribution in [2.75, 3.05) is 0 Å². The molecule has 0 aliphatic heterocycles. The van der Waals surface area contributed by atoms with Crippen molar-refractivity contribution in [3.63, 3.8) is 0 Å². The van der Waals surface area contributed by atoms with Crippen LogP contribution in [0, 0.1) is 18.3 Å². The van der Waals surface area contributed by atoms with E-state index in [1.165, 1.54) is 24.3 Å². The summed E-state index contributed by atoms with van der Waals surface area (Å²) in [6.07, 6.45) is 1.92. The highest BCUT2D eigenvalue weighted by atomic mass is 16.3. The van der Waals surface area contributed by atoms with Crippen molar-refractivity contribution in [1.29, 1.82) is 5.26 Å². The van der Waals surface area contributed by atoms with Gasteiger partial charge in [0.1, 0.15) is 0 Å². The predicted octanol–water partition coefficient (Wildman–Crippen LogP) is 0.953. The number of nitrogens with zero attached hydrogens (tertiary/aromatic N) is 1. The van der Waals surface area contributed by atoms with Crippen LogP contribution in [-0.4, -0.2) is 22.7 Å². The van der Waals surface area contributed by atoms with Gasteiger partial charge in [0.05, 0.1) is 17.7 Å². The van der Waals surface area contributed by atoms with Crippen molar-refractivity contribution < 1.29 is 15.0 Å². The Bertz CT molecular complexity index is 489. The summed E-state index contributed by atoms with van der Waals surface area (Å²) in [6.45, 7) is 3.59. The van der Waals surface area contributed by atoms with Crippen molar-refractivity contribution in [3.8, 4) is 17.6 Å². The van der Waals surface area contributed by atoms with E-state index < -0.39 is 6.04 Å². The topological polar surface area (TPSA) is 93.4 Å². The number of aromatic hydroxyl groups is 2. The maximum absolute atomic E-state index is 10.2. The highest BCUT2D eigenvalue weighted by Crippen LogP contribution is 2.26. The molecule has 1 aromatic rings. The Balaban J connectivity index is 3.02. The quantitative estimate of drug-likeness (QED) is 0.408. The molecule has 3 N–H and O–H groups in total. The Hall–Kier alpha value is -2.48. The van der Waals surface area contributed by atoms with Gasteiger partial charge in [-0.1, -0.05) is 6.07 Å². The van der Waals surface area contributed by atoms with E-state index in [2.05, 4.69) is 12.2 Å². The first kappa shape index (κ1) is 12.6. The second kappa shape index (κ2) is 5.56. The van der Waals surface area contributed by atoms with Gasteiger partial charge in [0.15, 0.2) is 11.5 Å². The first-order chi connectivity index (χ1) is 8.08. The SMILES string of the molecule is [CH2]C(NC=O)C(C#N)=Cc1ccc(O)c(O)c1. The highest BCUT2D eigenvalue weighted by Gasteiger charge is 2.07. The monoisotopic (exact) mass is 231 g/mol. The van der Waals surface area contributed by atoms with Crippen molar-refractivity contribution in [3.05, 3.63) is 36.3 Å². The summed E-state index contributed by atoms with van der Waals surface area (Å²) < 4.78 is 0. The number of carbonyl (C=O) groups is 1. The zero-order valence-corrected chi connectivity index (χ0v) is 8.92. The molecule has 0 fully saturated rings. The lowest BCUT2D eigenvalue weighted by Crippen LogP contribution is -2.26. The zero-order chi connectivity index (χ0) is 12.8. The van der Waals surface area contributed by atoms with Gasteiger partial charge in [-0.15, -0.1) is 0 Å². The summed E-state index contributed by atoms with van der Waals surface area (Å²) >= 11 is 0. The van der Waals surface area contributed by atoms with E-state index in [1.807, 2.05) is 6.07 Å². The summed E-state index contributed by atoms with van der Waals surface area (Å²) in [5.74, 6) is -0.516. The molecule has 0 bridgehead atoms. The minimum absolute atomic E-state index is 0.238. The molecule has 1 aromatic carbocycles. The van der Waals surface area contributed by atoms with E-state index >= 15 is 0 Å². The second-order valence-corrected chi connectivity index (χ2v) is 3.30. The van der Waals surface area contributed by atoms with Gasteiger partial charge in [-0.05, 0) is 30.7 Å². The van der Waals surface area contributed by atoms with Crippen molar-refractivity contribution >= 4 is 12.5 Å². The molecule has 0 aromatic heterocycles. The highest BCUT2D eigenvalue weighted by molar-refractivity contribution is 5.63. The summed E-state index contributed by atoms with van der Waals surface area (Å²) in [7, 11) is 0. The number of nitrogens with one attached hydrogen (secondary N) is 1. The maximum Gasteiger partial charge on any atom is 0.207 e. The van der Waals surface area contributed by atoms with Crippen LogP contribution in [-0.2, 0) is 4.79 Å². The molecule has 1 radical (unpaired) electrons. The van der Waals surface area contributed by atoms with Gasteiger partial charge in [-0.25, -0.2) is 0 Å². The van der Waals surface area contributed by atoms with E-state index in [0.29, 0.717) is 12.0 Å². The van der Waals surface area contributed by atoms with Gasteiger partial charge >= 0.3 is 0 Å². The fourth-order valence-corrected chi connectivity index (χ4v) is 1.19. The lowest BCUT2D eigenvalue weighted by atomic mass is 10.1. The van der Waals surface area contributed by atoms with Crippen LogP contribution in [0.1, 0.15) is 5.56 Å². The molecule has 1 rings (SSSR count). The number of rotatable bonds is 4. The molecule has 87 valence electrons. The number of nitriles is 1. The normalized spacial score (nSPS) is 12.6. The smallest absolute Gasteiger partial charge is 0.207 e. The van der Waals surface area contributed by atoms with Crippen LogP contribution < -0.4 is 5.32 Å². The fourth-order valence-electron chi connectivity index (χ4n) is 1.19. The molecule has 0 saturated carbocycles. The van der Waals surface area contributed by atoms with E-state index in [-0.39, 0.29) is 17.1 Å². The van der Waals surface area contributed by atoms with Crippen molar-refractivity contribution in [1.82, 2.24) is 5.32 Å². The van der Waals surface area contributed by atoms with Gasteiger partial charge in [-0.3, -0.25) is 4.79 Å². The lowest BCUT2D eigenvalue weighted by molar-refractivity contribution is -0.109. The number of hydrogen-bond acceptors (Lipinski definition) is 4. The number of benzene rings is 1. The average molecular weight is 231 g/mol. The van der Waals surface area contributed by atoms with Crippen LogP contribution in [0.2, 0.25) is 0 Å². The minimum Gasteiger partial charge on any atom is -0.504 e. The molecule has 1 atom stereocenters. The van der Waals surface area contributed by atoms with E-state index in [4.69, 9.17) is 10.4 Å². The van der Waals surface area contributed by atoms with Gasteiger partial charge in [-0.2, -0.15) is 5.26 Å². The van der Waals surface area contributed by atoms with Crippen molar-refractivity contribution in [2.45, 2.75) is 6.04 Å². The molecule has 17 heavy (non-hydrogen) atoms. The standard InChI is InChI=1S/C12H11N2O3/c1-8(14-7-15)10(6-13)4-9-2-3-11(16)12(17)5-9/h2-5,7-8,16-17H,1H2,(H,14,15). The number of carbonyl (C=O) groups excluding carboxylic acids is 1. The molecule has 0 aliphatic rings. The molecule has 1 amide bonds. The third kappa shape index (κ3) is 3.24. The Morgan fingerprint density at radius 2 is 2.18 bits per heavy atom. The lowest BCUT2D eigenvalue weighted by Gasteiger charge is -2.08. The predicted molar refractivity (Wildman–Crippen MR) is 61.7 cm³/mol. The van der Waals surface area contributed by atoms with Crippen LogP contribution in [0.4, 0.5) is 0 Å². The number of phenols is 2. The Morgan fingerprint density at radius 1 is 1.47 bits per heavy atom. The largest absolute Gasteiger partial charge is 0.504 e. The first-order valence-corrected chi connectivity index (χ1v) is 4.75. The van der Waals surface area contributed by atoms with Gasteiger partial charge in [0.25, 0.3) is 0 Å². The molecule has 0 heterocycles. The molecule has 0 saturated heterocycles. The summed E-state index contributed by atoms with van der Waals surface area (Å²) in [5, 5.41) is 29.6. The minimum atomic E-state index is -0.659.